The third-order valence-corrected chi connectivity index (χ3v) is 13.2. The molecule has 0 spiro atoms. The molecule has 198 valence electrons. The molecule has 0 unspecified atom stereocenters. The summed E-state index contributed by atoms with van der Waals surface area (Å²) in [5.74, 6) is -0.0472. The van der Waals surface area contributed by atoms with Gasteiger partial charge in [-0.1, -0.05) is 53.2 Å². The quantitative estimate of drug-likeness (QED) is 0.402. The molecule has 0 aromatic carbocycles. The van der Waals surface area contributed by atoms with Gasteiger partial charge in [0.05, 0.1) is 24.2 Å². The van der Waals surface area contributed by atoms with E-state index in [1.165, 1.54) is 5.57 Å². The molecule has 5 aliphatic rings. The highest BCUT2D eigenvalue weighted by Gasteiger charge is 2.70. The number of carbonyl (C=O) groups is 1. The van der Waals surface area contributed by atoms with Crippen molar-refractivity contribution in [3.8, 4) is 0 Å². The molecule has 0 aromatic rings. The number of hydrogen-bond acceptors (Lipinski definition) is 4. The van der Waals surface area contributed by atoms with Crippen molar-refractivity contribution in [3.05, 3.63) is 11.6 Å². The first kappa shape index (κ1) is 25.7. The fourth-order valence-electron chi connectivity index (χ4n) is 10.8. The van der Waals surface area contributed by atoms with Gasteiger partial charge in [0.2, 0.25) is 0 Å². The van der Waals surface area contributed by atoms with Crippen LogP contribution in [0.1, 0.15) is 99.3 Å². The number of hydrogen-bond donors (Lipinski definition) is 4. The van der Waals surface area contributed by atoms with Gasteiger partial charge in [0, 0.05) is 5.41 Å². The van der Waals surface area contributed by atoms with Gasteiger partial charge in [-0.15, -0.1) is 0 Å². The van der Waals surface area contributed by atoms with E-state index in [9.17, 15) is 25.2 Å². The first-order valence-electron chi connectivity index (χ1n) is 14.0. The number of allylic oxidation sites excluding steroid dienone is 2. The summed E-state index contributed by atoms with van der Waals surface area (Å²) in [6, 6.07) is 0. The lowest BCUT2D eigenvalue weighted by Gasteiger charge is -2.71. The summed E-state index contributed by atoms with van der Waals surface area (Å²) in [7, 11) is 0. The van der Waals surface area contributed by atoms with Crippen LogP contribution in [0.3, 0.4) is 0 Å². The summed E-state index contributed by atoms with van der Waals surface area (Å²) < 4.78 is 0. The maximum atomic E-state index is 12.8. The molecule has 0 bridgehead atoms. The van der Waals surface area contributed by atoms with Crippen LogP contribution in [0.4, 0.5) is 0 Å². The van der Waals surface area contributed by atoms with Crippen LogP contribution < -0.4 is 0 Å². The molecule has 5 aliphatic carbocycles. The minimum absolute atomic E-state index is 0.00698. The van der Waals surface area contributed by atoms with Crippen LogP contribution in [0.15, 0.2) is 11.6 Å². The second-order valence-corrected chi connectivity index (χ2v) is 15.1. The van der Waals surface area contributed by atoms with Gasteiger partial charge in [0.25, 0.3) is 0 Å². The van der Waals surface area contributed by atoms with E-state index in [0.29, 0.717) is 12.3 Å². The van der Waals surface area contributed by atoms with Crippen molar-refractivity contribution in [1.82, 2.24) is 0 Å². The number of fused-ring (bicyclic) bond motifs is 7. The van der Waals surface area contributed by atoms with Crippen molar-refractivity contribution in [2.75, 3.05) is 6.61 Å². The Balaban J connectivity index is 1.61. The molecule has 35 heavy (non-hydrogen) atoms. The van der Waals surface area contributed by atoms with E-state index in [2.05, 4.69) is 40.7 Å². The molecule has 0 saturated heterocycles. The predicted molar refractivity (Wildman–Crippen MR) is 135 cm³/mol. The minimum Gasteiger partial charge on any atom is -0.481 e. The summed E-state index contributed by atoms with van der Waals surface area (Å²) >= 11 is 0. The number of aliphatic hydroxyl groups excluding tert-OH is 3. The van der Waals surface area contributed by atoms with Crippen LogP contribution in [-0.2, 0) is 4.79 Å². The Bertz CT molecular complexity index is 941. The highest BCUT2D eigenvalue weighted by atomic mass is 16.4. The van der Waals surface area contributed by atoms with Crippen molar-refractivity contribution in [1.29, 1.82) is 0 Å². The van der Waals surface area contributed by atoms with Crippen LogP contribution in [0.5, 0.6) is 0 Å². The van der Waals surface area contributed by atoms with Gasteiger partial charge < -0.3 is 20.4 Å². The van der Waals surface area contributed by atoms with Crippen LogP contribution in [0.25, 0.3) is 0 Å². The topological polar surface area (TPSA) is 98.0 Å². The Morgan fingerprint density at radius 1 is 0.943 bits per heavy atom. The SMILES string of the molecule is CC1(C)CC[C@]2(C(=O)O)CC[C@]3(C)C(=CC[C@@H]4[C@]5(C)C[C@H](O)[C@H](O)[C@](C)(CO)[C@@H]5CC[C@]43C)[C@H]2C1. The Labute approximate surface area is 211 Å². The Kier molecular flexibility index (Phi) is 5.56. The fourth-order valence-corrected chi connectivity index (χ4v) is 10.8. The average molecular weight is 489 g/mol. The summed E-state index contributed by atoms with van der Waals surface area (Å²) in [6.45, 7) is 13.6. The van der Waals surface area contributed by atoms with Crippen molar-refractivity contribution in [3.63, 3.8) is 0 Å². The molecule has 5 heteroatoms. The van der Waals surface area contributed by atoms with Gasteiger partial charge in [0.15, 0.2) is 0 Å². The zero-order valence-electron chi connectivity index (χ0n) is 22.7. The molecule has 5 nitrogen and oxygen atoms in total. The van der Waals surface area contributed by atoms with Gasteiger partial charge in [-0.05, 0) is 97.2 Å². The molecular formula is C30H48O5. The molecule has 4 fully saturated rings. The zero-order valence-corrected chi connectivity index (χ0v) is 22.7. The van der Waals surface area contributed by atoms with Crippen LogP contribution in [0, 0.1) is 50.2 Å². The van der Waals surface area contributed by atoms with Gasteiger partial charge in [-0.2, -0.15) is 0 Å². The van der Waals surface area contributed by atoms with E-state index in [4.69, 9.17) is 0 Å². The number of aliphatic hydroxyl groups is 3. The highest BCUT2D eigenvalue weighted by molar-refractivity contribution is 5.76. The minimum atomic E-state index is -0.907. The molecule has 0 aromatic heterocycles. The largest absolute Gasteiger partial charge is 0.481 e. The van der Waals surface area contributed by atoms with Crippen molar-refractivity contribution in [2.24, 2.45) is 50.2 Å². The lowest BCUT2D eigenvalue weighted by Crippen LogP contribution is -2.68. The second kappa shape index (κ2) is 7.57. The van der Waals surface area contributed by atoms with E-state index < -0.39 is 29.0 Å². The molecular weight excluding hydrogens is 440 g/mol. The molecule has 0 heterocycles. The van der Waals surface area contributed by atoms with Crippen LogP contribution in [0.2, 0.25) is 0 Å². The first-order valence-corrected chi connectivity index (χ1v) is 14.0. The van der Waals surface area contributed by atoms with E-state index in [1.807, 2.05) is 6.92 Å². The summed E-state index contributed by atoms with van der Waals surface area (Å²) in [5, 5.41) is 42.8. The van der Waals surface area contributed by atoms with Crippen LogP contribution in [-0.4, -0.2) is 45.2 Å². The molecule has 4 N–H and O–H groups in total. The third-order valence-electron chi connectivity index (χ3n) is 13.2. The molecule has 0 aliphatic heterocycles. The first-order chi connectivity index (χ1) is 16.1. The molecule has 10 atom stereocenters. The van der Waals surface area contributed by atoms with Crippen LogP contribution >= 0.6 is 0 Å². The van der Waals surface area contributed by atoms with Gasteiger partial charge in [-0.3, -0.25) is 4.79 Å². The Hall–Kier alpha value is -0.910. The fraction of sp³-hybridized carbons (Fsp3) is 0.900. The molecule has 0 amide bonds. The standard InChI is InChI=1S/C30H48O5/c1-25(2)11-13-30(24(34)35)14-12-28(5)18(19(30)15-25)7-8-22-26(3)16-20(32)23(33)27(4,17-31)21(26)9-10-29(22,28)6/h7,19-23,31-33H,8-17H2,1-6H3,(H,34,35)/t19-,20+,21-,22-,23+,26-,27-,28-,29-,30+/m1/s1. The number of rotatable bonds is 2. The molecule has 4 saturated carbocycles. The lowest BCUT2D eigenvalue weighted by molar-refractivity contribution is -0.243. The van der Waals surface area contributed by atoms with Crippen molar-refractivity contribution < 1.29 is 25.2 Å². The van der Waals surface area contributed by atoms with E-state index in [0.717, 1.165) is 51.4 Å². The average Bonchev–Trinajstić information content (AvgIpc) is 2.77. The summed E-state index contributed by atoms with van der Waals surface area (Å²) in [6.07, 6.45) is 8.40. The maximum absolute atomic E-state index is 12.8. The third kappa shape index (κ3) is 3.07. The smallest absolute Gasteiger partial charge is 0.310 e. The highest BCUT2D eigenvalue weighted by Crippen LogP contribution is 2.75. The second-order valence-electron chi connectivity index (χ2n) is 15.1. The summed E-state index contributed by atoms with van der Waals surface area (Å²) in [5.41, 5.74) is -0.0632. The lowest BCUT2D eigenvalue weighted by atomic mass is 9.33. The van der Waals surface area contributed by atoms with Gasteiger partial charge in [0.1, 0.15) is 0 Å². The number of aliphatic carboxylic acids is 1. The number of carboxylic acids is 1. The van der Waals surface area contributed by atoms with E-state index in [-0.39, 0.29) is 40.1 Å². The van der Waals surface area contributed by atoms with E-state index >= 15 is 0 Å². The monoisotopic (exact) mass is 488 g/mol. The Morgan fingerprint density at radius 3 is 2.23 bits per heavy atom. The zero-order chi connectivity index (χ0) is 25.8. The normalized spacial score (nSPS) is 55.0. The molecule has 0 radical (unpaired) electrons. The van der Waals surface area contributed by atoms with Crippen molar-refractivity contribution in [2.45, 2.75) is 112 Å². The number of carboxylic acid groups (broad SMARTS) is 1. The van der Waals surface area contributed by atoms with Crippen molar-refractivity contribution >= 4 is 5.97 Å². The maximum Gasteiger partial charge on any atom is 0.310 e. The van der Waals surface area contributed by atoms with Gasteiger partial charge >= 0.3 is 5.97 Å². The Morgan fingerprint density at radius 2 is 1.60 bits per heavy atom. The summed E-state index contributed by atoms with van der Waals surface area (Å²) in [4.78, 5) is 12.8. The predicted octanol–water partition coefficient (Wildman–Crippen LogP) is 5.18. The van der Waals surface area contributed by atoms with E-state index in [1.54, 1.807) is 0 Å². The van der Waals surface area contributed by atoms with Gasteiger partial charge in [-0.25, -0.2) is 0 Å². The molecule has 5 rings (SSSR count).